The molecule has 0 aromatic carbocycles. The van der Waals surface area contributed by atoms with Crippen LogP contribution in [-0.2, 0) is 7.05 Å². The molecule has 3 nitrogen and oxygen atoms in total. The second-order valence-electron chi connectivity index (χ2n) is 2.80. The van der Waals surface area contributed by atoms with Gasteiger partial charge in [0, 0.05) is 19.0 Å². The number of rotatable bonds is 1. The van der Waals surface area contributed by atoms with Gasteiger partial charge < -0.3 is 5.32 Å². The molecule has 0 aliphatic carbocycles. The number of fused-ring (bicyclic) bond motifs is 1. The molecule has 2 rings (SSSR count). The number of hydrogen-bond acceptors (Lipinski definition) is 3. The average Bonchev–Trinajstić information content (AvgIpc) is 2.43. The summed E-state index contributed by atoms with van der Waals surface area (Å²) < 4.78 is 1.88. The van der Waals surface area contributed by atoms with Gasteiger partial charge in [0.1, 0.15) is 10.6 Å². The Kier molecular flexibility index (Phi) is 1.58. The van der Waals surface area contributed by atoms with E-state index in [-0.39, 0.29) is 0 Å². The summed E-state index contributed by atoms with van der Waals surface area (Å²) in [6, 6.07) is 2.17. The van der Waals surface area contributed by atoms with Crippen LogP contribution in [0.3, 0.4) is 0 Å². The predicted octanol–water partition coefficient (Wildman–Crippen LogP) is 1.98. The van der Waals surface area contributed by atoms with Crippen LogP contribution in [0.25, 0.3) is 10.2 Å². The third-order valence-corrected chi connectivity index (χ3v) is 2.83. The van der Waals surface area contributed by atoms with Gasteiger partial charge in [0.15, 0.2) is 0 Å². The highest BCUT2D eigenvalue weighted by atomic mass is 32.1. The lowest BCUT2D eigenvalue weighted by atomic mass is 10.3. The Hall–Kier alpha value is -1.03. The molecule has 1 N–H and O–H groups in total. The zero-order valence-corrected chi connectivity index (χ0v) is 8.20. The molecule has 12 heavy (non-hydrogen) atoms. The number of hydrogen-bond donors (Lipinski definition) is 1. The molecule has 2 aromatic heterocycles. The van der Waals surface area contributed by atoms with Gasteiger partial charge in [0.25, 0.3) is 0 Å². The van der Waals surface area contributed by atoms with Crippen LogP contribution in [0, 0.1) is 6.92 Å². The minimum Gasteiger partial charge on any atom is -0.373 e. The maximum atomic E-state index is 4.38. The smallest absolute Gasteiger partial charge is 0.147 e. The van der Waals surface area contributed by atoms with E-state index >= 15 is 0 Å². The third kappa shape index (κ3) is 0.914. The Morgan fingerprint density at radius 2 is 2.33 bits per heavy atom. The molecule has 2 heterocycles. The second-order valence-corrected chi connectivity index (χ2v) is 4.03. The summed E-state index contributed by atoms with van der Waals surface area (Å²) in [6.07, 6.45) is 0. The van der Waals surface area contributed by atoms with Crippen molar-refractivity contribution >= 4 is 27.4 Å². The van der Waals surface area contributed by atoms with Crippen molar-refractivity contribution in [3.8, 4) is 0 Å². The lowest BCUT2D eigenvalue weighted by Crippen LogP contribution is -1.98. The van der Waals surface area contributed by atoms with Crippen LogP contribution in [0.4, 0.5) is 5.82 Å². The van der Waals surface area contributed by atoms with E-state index in [0.29, 0.717) is 0 Å². The van der Waals surface area contributed by atoms with E-state index in [9.17, 15) is 0 Å². The number of aromatic nitrogens is 2. The van der Waals surface area contributed by atoms with Crippen LogP contribution in [0.1, 0.15) is 4.88 Å². The first kappa shape index (κ1) is 7.61. The van der Waals surface area contributed by atoms with Gasteiger partial charge in [-0.25, -0.2) is 0 Å². The lowest BCUT2D eigenvalue weighted by Gasteiger charge is -1.98. The van der Waals surface area contributed by atoms with Gasteiger partial charge in [-0.2, -0.15) is 5.10 Å². The number of nitrogens with one attached hydrogen (secondary N) is 1. The molecule has 0 saturated heterocycles. The molecular weight excluding hydrogens is 170 g/mol. The molecule has 0 unspecified atom stereocenters. The van der Waals surface area contributed by atoms with Gasteiger partial charge in [0.2, 0.25) is 0 Å². The van der Waals surface area contributed by atoms with Crippen molar-refractivity contribution < 1.29 is 0 Å². The highest BCUT2D eigenvalue weighted by Crippen LogP contribution is 2.29. The standard InChI is InChI=1S/C8H11N3S/c1-5-4-6-7(9-2)11(3)10-8(6)12-5/h4,9H,1-3H3. The monoisotopic (exact) mass is 181 g/mol. The average molecular weight is 181 g/mol. The number of aryl methyl sites for hydroxylation is 2. The van der Waals surface area contributed by atoms with Gasteiger partial charge in [-0.1, -0.05) is 0 Å². The maximum absolute atomic E-state index is 4.38. The fourth-order valence-corrected chi connectivity index (χ4v) is 2.31. The topological polar surface area (TPSA) is 29.9 Å². The molecule has 0 saturated carbocycles. The summed E-state index contributed by atoms with van der Waals surface area (Å²) in [5, 5.41) is 8.74. The molecule has 0 aliphatic rings. The van der Waals surface area contributed by atoms with E-state index in [4.69, 9.17) is 0 Å². The van der Waals surface area contributed by atoms with Crippen LogP contribution >= 0.6 is 11.3 Å². The summed E-state index contributed by atoms with van der Waals surface area (Å²) in [6.45, 7) is 2.10. The van der Waals surface area contributed by atoms with E-state index in [0.717, 1.165) is 10.6 Å². The van der Waals surface area contributed by atoms with Gasteiger partial charge in [-0.05, 0) is 13.0 Å². The van der Waals surface area contributed by atoms with Crippen LogP contribution in [0.5, 0.6) is 0 Å². The van der Waals surface area contributed by atoms with Gasteiger partial charge in [-0.3, -0.25) is 4.68 Å². The third-order valence-electron chi connectivity index (χ3n) is 1.89. The zero-order valence-electron chi connectivity index (χ0n) is 7.38. The Bertz CT molecular complexity index is 413. The Morgan fingerprint density at radius 1 is 1.58 bits per heavy atom. The quantitative estimate of drug-likeness (QED) is 0.729. The Morgan fingerprint density at radius 3 is 3.00 bits per heavy atom. The first-order chi connectivity index (χ1) is 5.72. The lowest BCUT2D eigenvalue weighted by molar-refractivity contribution is 0.788. The Balaban J connectivity index is 2.78. The van der Waals surface area contributed by atoms with Gasteiger partial charge in [0.05, 0.1) is 5.39 Å². The molecule has 0 radical (unpaired) electrons. The molecule has 0 bridgehead atoms. The minimum atomic E-state index is 1.09. The summed E-state index contributed by atoms with van der Waals surface area (Å²) in [5.41, 5.74) is 0. The molecular formula is C8H11N3S. The van der Waals surface area contributed by atoms with Crippen LogP contribution in [0.15, 0.2) is 6.07 Å². The first-order valence-electron chi connectivity index (χ1n) is 3.83. The molecule has 0 fully saturated rings. The molecule has 0 aliphatic heterocycles. The number of nitrogens with zero attached hydrogens (tertiary/aromatic N) is 2. The van der Waals surface area contributed by atoms with Crippen LogP contribution in [-0.4, -0.2) is 16.8 Å². The van der Waals surface area contributed by atoms with Crippen molar-refractivity contribution in [2.75, 3.05) is 12.4 Å². The summed E-state index contributed by atoms with van der Waals surface area (Å²) in [5.74, 6) is 1.09. The van der Waals surface area contributed by atoms with E-state index in [1.807, 2.05) is 18.8 Å². The van der Waals surface area contributed by atoms with Crippen molar-refractivity contribution in [3.05, 3.63) is 10.9 Å². The highest BCUT2D eigenvalue weighted by Gasteiger charge is 2.08. The highest BCUT2D eigenvalue weighted by molar-refractivity contribution is 7.18. The summed E-state index contributed by atoms with van der Waals surface area (Å²) >= 11 is 1.73. The molecule has 0 atom stereocenters. The largest absolute Gasteiger partial charge is 0.373 e. The van der Waals surface area contributed by atoms with Gasteiger partial charge >= 0.3 is 0 Å². The fourth-order valence-electron chi connectivity index (χ4n) is 1.40. The second kappa shape index (κ2) is 2.48. The van der Waals surface area contributed by atoms with E-state index < -0.39 is 0 Å². The SMILES string of the molecule is CNc1c2cc(C)sc2nn1C. The van der Waals surface area contributed by atoms with E-state index in [1.54, 1.807) is 11.3 Å². The van der Waals surface area contributed by atoms with Crippen LogP contribution in [0.2, 0.25) is 0 Å². The van der Waals surface area contributed by atoms with E-state index in [1.165, 1.54) is 10.3 Å². The first-order valence-corrected chi connectivity index (χ1v) is 4.65. The van der Waals surface area contributed by atoms with Crippen LogP contribution < -0.4 is 5.32 Å². The number of thiophene rings is 1. The van der Waals surface area contributed by atoms with Crippen molar-refractivity contribution in [2.24, 2.45) is 7.05 Å². The molecule has 4 heteroatoms. The van der Waals surface area contributed by atoms with Crippen molar-refractivity contribution in [3.63, 3.8) is 0 Å². The maximum Gasteiger partial charge on any atom is 0.147 e. The summed E-state index contributed by atoms with van der Waals surface area (Å²) in [7, 11) is 3.87. The minimum absolute atomic E-state index is 1.09. The normalized spacial score (nSPS) is 10.9. The van der Waals surface area contributed by atoms with Crippen molar-refractivity contribution in [2.45, 2.75) is 6.92 Å². The Labute approximate surface area is 75.0 Å². The number of anilines is 1. The zero-order chi connectivity index (χ0) is 8.72. The fraction of sp³-hybridized carbons (Fsp3) is 0.375. The van der Waals surface area contributed by atoms with Gasteiger partial charge in [-0.15, -0.1) is 11.3 Å². The van der Waals surface area contributed by atoms with Crippen molar-refractivity contribution in [1.29, 1.82) is 0 Å². The molecule has 64 valence electrons. The molecule has 0 amide bonds. The molecule has 2 aromatic rings. The summed E-state index contributed by atoms with van der Waals surface area (Å²) in [4.78, 5) is 2.42. The van der Waals surface area contributed by atoms with Crippen molar-refractivity contribution in [1.82, 2.24) is 9.78 Å². The molecule has 0 spiro atoms. The predicted molar refractivity (Wildman–Crippen MR) is 52.9 cm³/mol. The van der Waals surface area contributed by atoms with E-state index in [2.05, 4.69) is 23.4 Å².